The molecule has 1 nitrogen and oxygen atoms in total. The number of allylic oxidation sites excluding steroid dienone is 1. The highest BCUT2D eigenvalue weighted by atomic mass is 16.3. The van der Waals surface area contributed by atoms with Crippen LogP contribution in [0.5, 0.6) is 5.75 Å². The van der Waals surface area contributed by atoms with Gasteiger partial charge in [0.15, 0.2) is 0 Å². The zero-order valence-corrected chi connectivity index (χ0v) is 11.5. The van der Waals surface area contributed by atoms with Crippen LogP contribution in [0.4, 0.5) is 0 Å². The van der Waals surface area contributed by atoms with Crippen LogP contribution < -0.4 is 0 Å². The summed E-state index contributed by atoms with van der Waals surface area (Å²) in [5, 5.41) is 9.64. The summed E-state index contributed by atoms with van der Waals surface area (Å²) < 4.78 is 0. The Morgan fingerprint density at radius 3 is 2.72 bits per heavy atom. The van der Waals surface area contributed by atoms with Gasteiger partial charge < -0.3 is 5.11 Å². The van der Waals surface area contributed by atoms with Gasteiger partial charge in [0.05, 0.1) is 0 Å². The Kier molecular flexibility index (Phi) is 2.38. The maximum absolute atomic E-state index is 9.64. The van der Waals surface area contributed by atoms with Gasteiger partial charge in [-0.05, 0) is 52.8 Å². The molecular weight excluding hydrogens is 220 g/mol. The third kappa shape index (κ3) is 1.53. The van der Waals surface area contributed by atoms with E-state index in [1.165, 1.54) is 30.4 Å². The summed E-state index contributed by atoms with van der Waals surface area (Å²) in [6, 6.07) is 5.86. The highest BCUT2D eigenvalue weighted by Crippen LogP contribution is 2.55. The molecule has 18 heavy (non-hydrogen) atoms. The molecule has 0 saturated heterocycles. The average Bonchev–Trinajstić information content (AvgIpc) is 2.27. The second kappa shape index (κ2) is 3.63. The third-order valence-electron chi connectivity index (χ3n) is 5.16. The lowest BCUT2D eigenvalue weighted by molar-refractivity contribution is 0.0909. The van der Waals surface area contributed by atoms with Crippen molar-refractivity contribution in [2.45, 2.75) is 45.4 Å². The van der Waals surface area contributed by atoms with Crippen molar-refractivity contribution < 1.29 is 5.11 Å². The van der Waals surface area contributed by atoms with Gasteiger partial charge in [-0.15, -0.1) is 0 Å². The number of aromatic hydroxyl groups is 1. The Balaban J connectivity index is 2.16. The van der Waals surface area contributed by atoms with E-state index in [1.54, 1.807) is 0 Å². The van der Waals surface area contributed by atoms with Gasteiger partial charge in [-0.2, -0.15) is 0 Å². The average molecular weight is 242 g/mol. The summed E-state index contributed by atoms with van der Waals surface area (Å²) in [5.74, 6) is 0.978. The number of hydrogen-bond donors (Lipinski definition) is 1. The minimum Gasteiger partial charge on any atom is -0.508 e. The van der Waals surface area contributed by atoms with E-state index < -0.39 is 0 Å². The number of phenolic OH excluding ortho intramolecular Hbond substituents is 1. The van der Waals surface area contributed by atoms with E-state index in [1.807, 2.05) is 12.1 Å². The van der Waals surface area contributed by atoms with Crippen molar-refractivity contribution >= 4 is 6.08 Å². The van der Waals surface area contributed by atoms with Crippen molar-refractivity contribution in [2.24, 2.45) is 11.3 Å². The Labute approximate surface area is 110 Å². The molecule has 0 bridgehead atoms. The Morgan fingerprint density at radius 1 is 1.17 bits per heavy atom. The Hall–Kier alpha value is -1.24. The van der Waals surface area contributed by atoms with Crippen molar-refractivity contribution in [3.63, 3.8) is 0 Å². The molecule has 0 unspecified atom stereocenters. The zero-order valence-electron chi connectivity index (χ0n) is 11.5. The van der Waals surface area contributed by atoms with E-state index in [9.17, 15) is 5.11 Å². The first-order valence-corrected chi connectivity index (χ1v) is 6.95. The van der Waals surface area contributed by atoms with Crippen LogP contribution in [-0.2, 0) is 5.41 Å². The van der Waals surface area contributed by atoms with Crippen LogP contribution in [0.15, 0.2) is 24.3 Å². The molecule has 0 aromatic heterocycles. The van der Waals surface area contributed by atoms with Gasteiger partial charge in [-0.1, -0.05) is 45.4 Å². The molecule has 2 atom stereocenters. The first-order valence-electron chi connectivity index (χ1n) is 6.95. The molecule has 0 spiro atoms. The van der Waals surface area contributed by atoms with Crippen molar-refractivity contribution in [3.05, 3.63) is 35.4 Å². The van der Waals surface area contributed by atoms with Crippen LogP contribution in [0, 0.1) is 11.3 Å². The van der Waals surface area contributed by atoms with E-state index in [0.717, 1.165) is 0 Å². The molecule has 1 aromatic carbocycles. The number of benzene rings is 1. The second-order valence-electron chi connectivity index (χ2n) is 6.87. The van der Waals surface area contributed by atoms with E-state index in [4.69, 9.17) is 0 Å². The minimum absolute atomic E-state index is 0.236. The van der Waals surface area contributed by atoms with Gasteiger partial charge in [-0.3, -0.25) is 0 Å². The molecule has 1 saturated carbocycles. The van der Waals surface area contributed by atoms with Crippen LogP contribution in [0.2, 0.25) is 0 Å². The van der Waals surface area contributed by atoms with Crippen LogP contribution in [0.25, 0.3) is 6.08 Å². The maximum Gasteiger partial charge on any atom is 0.116 e. The standard InChI is InChI=1S/C17H22O/c1-16(2)9-4-10-17(3)14-7-6-13(18)11-12(14)5-8-15(16)17/h5-8,11,15,18H,4,9-10H2,1-3H3/t15-,17+/m0/s1. The summed E-state index contributed by atoms with van der Waals surface area (Å²) in [6.07, 6.45) is 8.44. The van der Waals surface area contributed by atoms with Crippen LogP contribution in [0.1, 0.15) is 51.2 Å². The maximum atomic E-state index is 9.64. The molecule has 0 amide bonds. The molecule has 96 valence electrons. The summed E-state index contributed by atoms with van der Waals surface area (Å²) >= 11 is 0. The quantitative estimate of drug-likeness (QED) is 0.710. The number of fused-ring (bicyclic) bond motifs is 3. The monoisotopic (exact) mass is 242 g/mol. The fourth-order valence-electron chi connectivity index (χ4n) is 4.27. The van der Waals surface area contributed by atoms with E-state index in [-0.39, 0.29) is 5.41 Å². The number of rotatable bonds is 0. The van der Waals surface area contributed by atoms with E-state index in [2.05, 4.69) is 39.0 Å². The number of phenols is 1. The lowest BCUT2D eigenvalue weighted by Gasteiger charge is -2.52. The normalized spacial score (nSPS) is 32.7. The van der Waals surface area contributed by atoms with Crippen LogP contribution in [-0.4, -0.2) is 5.11 Å². The van der Waals surface area contributed by atoms with Gasteiger partial charge in [0.1, 0.15) is 5.75 Å². The molecule has 0 heterocycles. The van der Waals surface area contributed by atoms with Gasteiger partial charge in [0.25, 0.3) is 0 Å². The van der Waals surface area contributed by atoms with Gasteiger partial charge in [0, 0.05) is 0 Å². The van der Waals surface area contributed by atoms with Gasteiger partial charge >= 0.3 is 0 Å². The fourth-order valence-corrected chi connectivity index (χ4v) is 4.27. The summed E-state index contributed by atoms with van der Waals surface area (Å²) in [7, 11) is 0. The van der Waals surface area contributed by atoms with Crippen molar-refractivity contribution in [1.82, 2.24) is 0 Å². The lowest BCUT2D eigenvalue weighted by Crippen LogP contribution is -2.45. The molecular formula is C17H22O. The summed E-state index contributed by atoms with van der Waals surface area (Å²) in [5.41, 5.74) is 3.23. The topological polar surface area (TPSA) is 20.2 Å². The Bertz CT molecular complexity index is 512. The van der Waals surface area contributed by atoms with Gasteiger partial charge in [-0.25, -0.2) is 0 Å². The SMILES string of the molecule is CC1(C)CCC[C@]2(C)c3ccc(O)cc3C=C[C@@H]12. The smallest absolute Gasteiger partial charge is 0.116 e. The highest BCUT2D eigenvalue weighted by Gasteiger charge is 2.47. The lowest BCUT2D eigenvalue weighted by atomic mass is 9.52. The van der Waals surface area contributed by atoms with Crippen molar-refractivity contribution in [2.75, 3.05) is 0 Å². The highest BCUT2D eigenvalue weighted by molar-refractivity contribution is 5.62. The second-order valence-corrected chi connectivity index (χ2v) is 6.87. The first kappa shape index (κ1) is 11.8. The largest absolute Gasteiger partial charge is 0.508 e. The molecule has 0 radical (unpaired) electrons. The minimum atomic E-state index is 0.236. The van der Waals surface area contributed by atoms with Crippen molar-refractivity contribution in [1.29, 1.82) is 0 Å². The molecule has 1 aromatic rings. The first-order chi connectivity index (χ1) is 8.43. The van der Waals surface area contributed by atoms with Crippen LogP contribution in [0.3, 0.4) is 0 Å². The Morgan fingerprint density at radius 2 is 1.94 bits per heavy atom. The van der Waals surface area contributed by atoms with Crippen molar-refractivity contribution in [3.8, 4) is 5.75 Å². The molecule has 1 N–H and O–H groups in total. The fraction of sp³-hybridized carbons (Fsp3) is 0.529. The third-order valence-corrected chi connectivity index (χ3v) is 5.16. The van der Waals surface area contributed by atoms with E-state index in [0.29, 0.717) is 17.1 Å². The number of hydrogen-bond acceptors (Lipinski definition) is 1. The van der Waals surface area contributed by atoms with E-state index >= 15 is 0 Å². The van der Waals surface area contributed by atoms with Gasteiger partial charge in [0.2, 0.25) is 0 Å². The molecule has 3 rings (SSSR count). The zero-order chi connectivity index (χ0) is 13.0. The summed E-state index contributed by atoms with van der Waals surface area (Å²) in [4.78, 5) is 0. The molecule has 2 aliphatic rings. The molecule has 2 aliphatic carbocycles. The molecule has 1 heteroatoms. The molecule has 0 aliphatic heterocycles. The van der Waals surface area contributed by atoms with Crippen LogP contribution >= 0.6 is 0 Å². The molecule has 1 fully saturated rings. The predicted octanol–water partition coefficient (Wildman–Crippen LogP) is 4.50. The summed E-state index contributed by atoms with van der Waals surface area (Å²) in [6.45, 7) is 7.19. The predicted molar refractivity (Wildman–Crippen MR) is 75.6 cm³/mol.